The number of benzene rings is 1. The molecule has 0 N–H and O–H groups in total. The summed E-state index contributed by atoms with van der Waals surface area (Å²) >= 11 is 7.05. The van der Waals surface area contributed by atoms with Crippen LogP contribution < -0.4 is 4.74 Å². The summed E-state index contributed by atoms with van der Waals surface area (Å²) in [7, 11) is 1.59. The lowest BCUT2D eigenvalue weighted by Crippen LogP contribution is -2.46. The van der Waals surface area contributed by atoms with Gasteiger partial charge in [-0.05, 0) is 18.9 Å². The fourth-order valence-corrected chi connectivity index (χ4v) is 4.22. The maximum atomic E-state index is 13.0. The first-order chi connectivity index (χ1) is 14.1. The quantitative estimate of drug-likeness (QED) is 0.580. The van der Waals surface area contributed by atoms with Gasteiger partial charge in [-0.25, -0.2) is 0 Å². The van der Waals surface area contributed by atoms with Gasteiger partial charge in [0.1, 0.15) is 22.4 Å². The van der Waals surface area contributed by atoms with E-state index < -0.39 is 12.0 Å². The van der Waals surface area contributed by atoms with E-state index >= 15 is 0 Å². The number of likely N-dealkylation sites (tertiary alicyclic amines) is 1. The number of nitrogens with zero attached hydrogens (tertiary/aromatic N) is 3. The Morgan fingerprint density at radius 2 is 2.17 bits per heavy atom. The van der Waals surface area contributed by atoms with Crippen LogP contribution in [0.3, 0.4) is 0 Å². The molecule has 9 heteroatoms. The van der Waals surface area contributed by atoms with Crippen molar-refractivity contribution < 1.29 is 19.1 Å². The Balaban J connectivity index is 1.89. The SMILES string of the molecule is CCCCN1C(=O)CCC(C(=O)OCc2nnsc2Cl)C1c1ccccc1OC. The van der Waals surface area contributed by atoms with Crippen molar-refractivity contribution >= 4 is 35.0 Å². The van der Waals surface area contributed by atoms with E-state index in [0.717, 1.165) is 29.9 Å². The van der Waals surface area contributed by atoms with Crippen LogP contribution in [-0.4, -0.2) is 40.0 Å². The molecular formula is C20H24ClN3O4S. The van der Waals surface area contributed by atoms with Crippen LogP contribution in [0.2, 0.25) is 4.34 Å². The Kier molecular flexibility index (Phi) is 7.44. The highest BCUT2D eigenvalue weighted by atomic mass is 35.5. The van der Waals surface area contributed by atoms with E-state index in [0.29, 0.717) is 35.2 Å². The lowest BCUT2D eigenvalue weighted by molar-refractivity contribution is -0.158. The van der Waals surface area contributed by atoms with Crippen LogP contribution in [0.25, 0.3) is 0 Å². The van der Waals surface area contributed by atoms with Crippen molar-refractivity contribution in [3.8, 4) is 5.75 Å². The third-order valence-electron chi connectivity index (χ3n) is 5.08. The zero-order valence-corrected chi connectivity index (χ0v) is 18.0. The molecule has 2 atom stereocenters. The summed E-state index contributed by atoms with van der Waals surface area (Å²) in [4.78, 5) is 27.6. The Bertz CT molecular complexity index is 860. The van der Waals surface area contributed by atoms with E-state index in [2.05, 4.69) is 16.5 Å². The number of para-hydroxylation sites is 1. The van der Waals surface area contributed by atoms with E-state index in [-0.39, 0.29) is 18.5 Å². The summed E-state index contributed by atoms with van der Waals surface area (Å²) in [6, 6.07) is 7.07. The molecule has 0 spiro atoms. The molecule has 0 aliphatic carbocycles. The number of carbonyl (C=O) groups excluding carboxylic acids is 2. The van der Waals surface area contributed by atoms with Gasteiger partial charge in [-0.1, -0.05) is 47.6 Å². The normalized spacial score (nSPS) is 19.3. The van der Waals surface area contributed by atoms with E-state index in [9.17, 15) is 9.59 Å². The number of amides is 1. The molecular weight excluding hydrogens is 414 g/mol. The summed E-state index contributed by atoms with van der Waals surface area (Å²) in [5, 5.41) is 3.88. The van der Waals surface area contributed by atoms with E-state index in [4.69, 9.17) is 21.1 Å². The highest BCUT2D eigenvalue weighted by Gasteiger charge is 2.42. The topological polar surface area (TPSA) is 81.6 Å². The number of aromatic nitrogens is 2. The molecule has 2 aromatic rings. The molecule has 1 fully saturated rings. The number of rotatable bonds is 8. The van der Waals surface area contributed by atoms with Crippen LogP contribution >= 0.6 is 23.1 Å². The zero-order chi connectivity index (χ0) is 20.8. The number of piperidine rings is 1. The maximum absolute atomic E-state index is 13.0. The second-order valence-electron chi connectivity index (χ2n) is 6.87. The van der Waals surface area contributed by atoms with Gasteiger partial charge in [0, 0.05) is 30.1 Å². The van der Waals surface area contributed by atoms with E-state index in [1.165, 1.54) is 0 Å². The second kappa shape index (κ2) is 10.0. The molecule has 0 radical (unpaired) electrons. The van der Waals surface area contributed by atoms with Crippen molar-refractivity contribution in [2.75, 3.05) is 13.7 Å². The fourth-order valence-electron chi connectivity index (χ4n) is 3.62. The molecule has 2 heterocycles. The van der Waals surface area contributed by atoms with Gasteiger partial charge < -0.3 is 14.4 Å². The summed E-state index contributed by atoms with van der Waals surface area (Å²) < 4.78 is 15.2. The van der Waals surface area contributed by atoms with Crippen molar-refractivity contribution in [2.45, 2.75) is 45.3 Å². The summed E-state index contributed by atoms with van der Waals surface area (Å²) in [5.41, 5.74) is 1.25. The highest BCUT2D eigenvalue weighted by Crippen LogP contribution is 2.41. The molecule has 1 aromatic heterocycles. The Hall–Kier alpha value is -2.19. The van der Waals surface area contributed by atoms with Crippen LogP contribution in [0.15, 0.2) is 24.3 Å². The first-order valence-corrected chi connectivity index (χ1v) is 10.8. The zero-order valence-electron chi connectivity index (χ0n) is 16.5. The number of hydrogen-bond acceptors (Lipinski definition) is 7. The minimum absolute atomic E-state index is 0.0355. The predicted molar refractivity (Wildman–Crippen MR) is 110 cm³/mol. The molecule has 1 aromatic carbocycles. The number of carbonyl (C=O) groups is 2. The van der Waals surface area contributed by atoms with Crippen LogP contribution in [0.4, 0.5) is 0 Å². The standard InChI is InChI=1S/C20H24ClN3O4S/c1-3-4-11-24-17(25)10-9-14(18(24)13-7-5-6-8-16(13)27-2)20(26)28-12-15-19(21)29-23-22-15/h5-8,14,18H,3-4,9-12H2,1-2H3. The van der Waals surface area contributed by atoms with Crippen LogP contribution in [0, 0.1) is 5.92 Å². The van der Waals surface area contributed by atoms with Crippen LogP contribution in [-0.2, 0) is 20.9 Å². The van der Waals surface area contributed by atoms with Gasteiger partial charge in [-0.15, -0.1) is 5.10 Å². The first-order valence-electron chi connectivity index (χ1n) is 9.62. The molecule has 156 valence electrons. The van der Waals surface area contributed by atoms with Gasteiger partial charge in [0.05, 0.1) is 19.1 Å². The molecule has 1 aliphatic rings. The number of hydrogen-bond donors (Lipinski definition) is 0. The lowest BCUT2D eigenvalue weighted by atomic mass is 9.83. The minimum Gasteiger partial charge on any atom is -0.496 e. The molecule has 0 bridgehead atoms. The molecule has 1 aliphatic heterocycles. The lowest BCUT2D eigenvalue weighted by Gasteiger charge is -2.40. The van der Waals surface area contributed by atoms with Crippen molar-refractivity contribution in [1.29, 1.82) is 0 Å². The van der Waals surface area contributed by atoms with Gasteiger partial charge in [0.2, 0.25) is 5.91 Å². The molecule has 3 rings (SSSR count). The maximum Gasteiger partial charge on any atom is 0.311 e. The van der Waals surface area contributed by atoms with Crippen LogP contribution in [0.1, 0.15) is 49.9 Å². The number of esters is 1. The largest absolute Gasteiger partial charge is 0.496 e. The van der Waals surface area contributed by atoms with Crippen molar-refractivity contribution in [3.05, 3.63) is 39.9 Å². The minimum atomic E-state index is -0.494. The number of unbranched alkanes of at least 4 members (excludes halogenated alkanes) is 1. The van der Waals surface area contributed by atoms with E-state index in [1.54, 1.807) is 12.0 Å². The van der Waals surface area contributed by atoms with Gasteiger partial charge in [0.15, 0.2) is 0 Å². The Labute approximate surface area is 179 Å². The molecule has 2 unspecified atom stereocenters. The number of halogens is 1. The van der Waals surface area contributed by atoms with Crippen molar-refractivity contribution in [1.82, 2.24) is 14.5 Å². The Morgan fingerprint density at radius 1 is 1.38 bits per heavy atom. The monoisotopic (exact) mass is 437 g/mol. The van der Waals surface area contributed by atoms with Gasteiger partial charge in [-0.2, -0.15) is 0 Å². The van der Waals surface area contributed by atoms with E-state index in [1.807, 2.05) is 24.3 Å². The summed E-state index contributed by atoms with van der Waals surface area (Å²) in [6.45, 7) is 2.62. The van der Waals surface area contributed by atoms with Crippen LogP contribution in [0.5, 0.6) is 5.75 Å². The highest BCUT2D eigenvalue weighted by molar-refractivity contribution is 7.10. The molecule has 0 saturated carbocycles. The average Bonchev–Trinajstić information content (AvgIpc) is 3.15. The average molecular weight is 438 g/mol. The smallest absolute Gasteiger partial charge is 0.311 e. The summed E-state index contributed by atoms with van der Waals surface area (Å²) in [5.74, 6) is -0.173. The van der Waals surface area contributed by atoms with Crippen molar-refractivity contribution in [3.63, 3.8) is 0 Å². The first kappa shape index (κ1) is 21.5. The third-order valence-corrected chi connectivity index (χ3v) is 6.06. The van der Waals surface area contributed by atoms with Gasteiger partial charge in [-0.3, -0.25) is 9.59 Å². The molecule has 7 nitrogen and oxygen atoms in total. The second-order valence-corrected chi connectivity index (χ2v) is 8.23. The molecule has 1 saturated heterocycles. The summed E-state index contributed by atoms with van der Waals surface area (Å²) in [6.07, 6.45) is 2.55. The third kappa shape index (κ3) is 4.87. The predicted octanol–water partition coefficient (Wildman–Crippen LogP) is 4.02. The number of methoxy groups -OCH3 is 1. The fraction of sp³-hybridized carbons (Fsp3) is 0.500. The van der Waals surface area contributed by atoms with Crippen molar-refractivity contribution in [2.24, 2.45) is 5.92 Å². The Morgan fingerprint density at radius 3 is 2.86 bits per heavy atom. The van der Waals surface area contributed by atoms with Gasteiger partial charge in [0.25, 0.3) is 0 Å². The molecule has 1 amide bonds. The number of ether oxygens (including phenoxy) is 2. The molecule has 29 heavy (non-hydrogen) atoms. The van der Waals surface area contributed by atoms with Gasteiger partial charge >= 0.3 is 5.97 Å².